The van der Waals surface area contributed by atoms with Crippen molar-refractivity contribution in [1.82, 2.24) is 14.5 Å². The lowest BCUT2D eigenvalue weighted by Crippen LogP contribution is -2.44. The SMILES string of the molecule is CC[C@@H](C(=O)NC1CC1)n1c(=O)n(-c2cccc(OC)c2)c(=O)c2ccccc21. The third-order valence-corrected chi connectivity index (χ3v) is 5.23. The summed E-state index contributed by atoms with van der Waals surface area (Å²) in [6, 6.07) is 13.1. The Morgan fingerprint density at radius 1 is 1.17 bits per heavy atom. The van der Waals surface area contributed by atoms with Gasteiger partial charge in [-0.3, -0.25) is 14.2 Å². The first-order valence-corrected chi connectivity index (χ1v) is 9.76. The van der Waals surface area contributed by atoms with Crippen LogP contribution in [0.2, 0.25) is 0 Å². The van der Waals surface area contributed by atoms with Crippen molar-refractivity contribution in [2.45, 2.75) is 38.3 Å². The van der Waals surface area contributed by atoms with Crippen LogP contribution < -0.4 is 21.3 Å². The molecule has 0 spiro atoms. The van der Waals surface area contributed by atoms with Crippen LogP contribution in [0.5, 0.6) is 5.75 Å². The number of para-hydroxylation sites is 1. The lowest BCUT2D eigenvalue weighted by Gasteiger charge is -2.21. The maximum Gasteiger partial charge on any atom is 0.336 e. The van der Waals surface area contributed by atoms with Crippen molar-refractivity contribution in [3.8, 4) is 11.4 Å². The van der Waals surface area contributed by atoms with Gasteiger partial charge < -0.3 is 10.1 Å². The number of carbonyl (C=O) groups excluding carboxylic acids is 1. The average Bonchev–Trinajstić information content (AvgIpc) is 3.55. The molecule has 0 aliphatic heterocycles. The first-order valence-electron chi connectivity index (χ1n) is 9.76. The number of aromatic nitrogens is 2. The number of fused-ring (bicyclic) bond motifs is 1. The van der Waals surface area contributed by atoms with Crippen molar-refractivity contribution >= 4 is 16.8 Å². The number of carbonyl (C=O) groups is 1. The summed E-state index contributed by atoms with van der Waals surface area (Å²) in [6.07, 6.45) is 2.35. The van der Waals surface area contributed by atoms with Gasteiger partial charge in [0.2, 0.25) is 5.91 Å². The summed E-state index contributed by atoms with van der Waals surface area (Å²) in [4.78, 5) is 39.6. The van der Waals surface area contributed by atoms with E-state index < -0.39 is 17.3 Å². The Labute approximate surface area is 167 Å². The van der Waals surface area contributed by atoms with E-state index >= 15 is 0 Å². The van der Waals surface area contributed by atoms with E-state index in [1.54, 1.807) is 48.5 Å². The number of hydrogen-bond acceptors (Lipinski definition) is 4. The summed E-state index contributed by atoms with van der Waals surface area (Å²) in [5.74, 6) is 0.338. The number of nitrogens with zero attached hydrogens (tertiary/aromatic N) is 2. The molecule has 2 aromatic carbocycles. The quantitative estimate of drug-likeness (QED) is 0.697. The van der Waals surface area contributed by atoms with E-state index in [1.807, 2.05) is 6.92 Å². The number of rotatable bonds is 6. The van der Waals surface area contributed by atoms with Gasteiger partial charge in [0.1, 0.15) is 11.8 Å². The van der Waals surface area contributed by atoms with E-state index in [4.69, 9.17) is 4.74 Å². The molecule has 1 aliphatic carbocycles. The van der Waals surface area contributed by atoms with Crippen LogP contribution in [-0.4, -0.2) is 28.2 Å². The fourth-order valence-corrected chi connectivity index (χ4v) is 3.57. The number of benzene rings is 2. The summed E-state index contributed by atoms with van der Waals surface area (Å²) in [5, 5.41) is 3.36. The van der Waals surface area contributed by atoms with Gasteiger partial charge in [0.25, 0.3) is 5.56 Å². The molecular formula is C22H23N3O4. The van der Waals surface area contributed by atoms with Gasteiger partial charge >= 0.3 is 5.69 Å². The largest absolute Gasteiger partial charge is 0.497 e. The van der Waals surface area contributed by atoms with Crippen LogP contribution in [0.3, 0.4) is 0 Å². The van der Waals surface area contributed by atoms with E-state index in [9.17, 15) is 14.4 Å². The van der Waals surface area contributed by atoms with Crippen LogP contribution >= 0.6 is 0 Å². The van der Waals surface area contributed by atoms with Gasteiger partial charge in [-0.05, 0) is 43.5 Å². The molecule has 7 heteroatoms. The molecule has 0 radical (unpaired) electrons. The molecule has 0 saturated heterocycles. The lowest BCUT2D eigenvalue weighted by molar-refractivity contribution is -0.124. The van der Waals surface area contributed by atoms with Crippen LogP contribution in [0.15, 0.2) is 58.1 Å². The van der Waals surface area contributed by atoms with Crippen LogP contribution in [0.1, 0.15) is 32.2 Å². The Kier molecular flexibility index (Phi) is 4.96. The Morgan fingerprint density at radius 2 is 1.93 bits per heavy atom. The molecule has 1 fully saturated rings. The smallest absolute Gasteiger partial charge is 0.336 e. The van der Waals surface area contributed by atoms with Crippen LogP contribution in [0.25, 0.3) is 16.6 Å². The summed E-state index contributed by atoms with van der Waals surface area (Å²) in [5.41, 5.74) is -0.108. The van der Waals surface area contributed by atoms with Crippen LogP contribution in [0.4, 0.5) is 0 Å². The minimum absolute atomic E-state index is 0.183. The number of ether oxygens (including phenoxy) is 1. The topological polar surface area (TPSA) is 82.3 Å². The fraction of sp³-hybridized carbons (Fsp3) is 0.318. The standard InChI is InChI=1S/C22H23N3O4/c1-3-18(20(26)23-14-11-12-14)25-19-10-5-4-9-17(19)21(27)24(22(25)28)15-7-6-8-16(13-15)29-2/h4-10,13-14,18H,3,11-12H2,1-2H3,(H,23,26)/t18-/m0/s1. The number of nitrogens with one attached hydrogen (secondary N) is 1. The van der Waals surface area contributed by atoms with E-state index in [2.05, 4.69) is 5.32 Å². The highest BCUT2D eigenvalue weighted by molar-refractivity contribution is 5.85. The Balaban J connectivity index is 1.99. The molecular weight excluding hydrogens is 370 g/mol. The average molecular weight is 393 g/mol. The Bertz CT molecular complexity index is 1190. The van der Waals surface area contributed by atoms with E-state index in [0.29, 0.717) is 28.8 Å². The Morgan fingerprint density at radius 3 is 2.62 bits per heavy atom. The summed E-state index contributed by atoms with van der Waals surface area (Å²) in [6.45, 7) is 1.86. The highest BCUT2D eigenvalue weighted by Gasteiger charge is 2.30. The summed E-state index contributed by atoms with van der Waals surface area (Å²) in [7, 11) is 1.52. The first kappa shape index (κ1) is 19.0. The number of hydrogen-bond donors (Lipinski definition) is 1. The molecule has 1 N–H and O–H groups in total. The van der Waals surface area contributed by atoms with Gasteiger partial charge in [-0.25, -0.2) is 9.36 Å². The predicted molar refractivity (Wildman–Crippen MR) is 111 cm³/mol. The van der Waals surface area contributed by atoms with Crippen molar-refractivity contribution in [2.24, 2.45) is 0 Å². The molecule has 1 aromatic heterocycles. The zero-order valence-corrected chi connectivity index (χ0v) is 16.4. The molecule has 0 unspecified atom stereocenters. The van der Waals surface area contributed by atoms with Gasteiger partial charge in [0, 0.05) is 12.1 Å². The minimum atomic E-state index is -0.703. The highest BCUT2D eigenvalue weighted by atomic mass is 16.5. The van der Waals surface area contributed by atoms with Crippen molar-refractivity contribution in [2.75, 3.05) is 7.11 Å². The van der Waals surface area contributed by atoms with Crippen LogP contribution in [0, 0.1) is 0 Å². The summed E-state index contributed by atoms with van der Waals surface area (Å²) < 4.78 is 7.79. The monoisotopic (exact) mass is 393 g/mol. The Hall–Kier alpha value is -3.35. The third kappa shape index (κ3) is 3.44. The molecule has 7 nitrogen and oxygen atoms in total. The second-order valence-corrected chi connectivity index (χ2v) is 7.22. The second kappa shape index (κ2) is 7.58. The minimum Gasteiger partial charge on any atom is -0.497 e. The summed E-state index contributed by atoms with van der Waals surface area (Å²) >= 11 is 0. The highest BCUT2D eigenvalue weighted by Crippen LogP contribution is 2.23. The molecule has 1 aliphatic rings. The molecule has 3 aromatic rings. The molecule has 0 bridgehead atoms. The van der Waals surface area contributed by atoms with Gasteiger partial charge in [0.05, 0.1) is 23.7 Å². The first-order chi connectivity index (χ1) is 14.0. The molecule has 29 heavy (non-hydrogen) atoms. The molecule has 150 valence electrons. The maximum absolute atomic E-state index is 13.5. The van der Waals surface area contributed by atoms with E-state index in [-0.39, 0.29) is 11.9 Å². The van der Waals surface area contributed by atoms with Gasteiger partial charge in [0.15, 0.2) is 0 Å². The molecule has 4 rings (SSSR count). The van der Waals surface area contributed by atoms with Crippen molar-refractivity contribution in [3.63, 3.8) is 0 Å². The van der Waals surface area contributed by atoms with Crippen molar-refractivity contribution in [1.29, 1.82) is 0 Å². The molecule has 1 heterocycles. The van der Waals surface area contributed by atoms with Crippen molar-refractivity contribution < 1.29 is 9.53 Å². The maximum atomic E-state index is 13.5. The second-order valence-electron chi connectivity index (χ2n) is 7.22. The lowest BCUT2D eigenvalue weighted by atomic mass is 10.1. The molecule has 1 atom stereocenters. The fourth-order valence-electron chi connectivity index (χ4n) is 3.57. The third-order valence-electron chi connectivity index (χ3n) is 5.23. The normalized spacial score (nSPS) is 14.6. The van der Waals surface area contributed by atoms with E-state index in [1.165, 1.54) is 11.7 Å². The van der Waals surface area contributed by atoms with Crippen molar-refractivity contribution in [3.05, 3.63) is 69.4 Å². The number of amides is 1. The van der Waals surface area contributed by atoms with Gasteiger partial charge in [-0.15, -0.1) is 0 Å². The predicted octanol–water partition coefficient (Wildman–Crippen LogP) is 2.39. The molecule has 1 amide bonds. The zero-order chi connectivity index (χ0) is 20.5. The zero-order valence-electron chi connectivity index (χ0n) is 16.4. The van der Waals surface area contributed by atoms with E-state index in [0.717, 1.165) is 17.4 Å². The number of methoxy groups -OCH3 is 1. The molecule has 1 saturated carbocycles. The van der Waals surface area contributed by atoms with Crippen LogP contribution in [-0.2, 0) is 4.79 Å². The van der Waals surface area contributed by atoms with Gasteiger partial charge in [-0.2, -0.15) is 0 Å². The van der Waals surface area contributed by atoms with Gasteiger partial charge in [-0.1, -0.05) is 25.1 Å².